The van der Waals surface area contributed by atoms with Crippen molar-refractivity contribution in [1.82, 2.24) is 0 Å². The molecule has 2 rings (SSSR count). The average molecular weight is 245 g/mol. The molecule has 0 bridgehead atoms. The van der Waals surface area contributed by atoms with Crippen molar-refractivity contribution in [1.29, 1.82) is 0 Å². The van der Waals surface area contributed by atoms with E-state index in [1.807, 2.05) is 6.07 Å². The van der Waals surface area contributed by atoms with Crippen LogP contribution in [-0.2, 0) is 4.74 Å². The molecule has 18 heavy (non-hydrogen) atoms. The summed E-state index contributed by atoms with van der Waals surface area (Å²) in [4.78, 5) is 4.78. The Morgan fingerprint density at radius 2 is 2.00 bits per heavy atom. The molecule has 0 unspecified atom stereocenters. The molecule has 1 aromatic rings. The Bertz CT molecular complexity index is 408. The minimum atomic E-state index is 0.0690. The van der Waals surface area contributed by atoms with Crippen molar-refractivity contribution in [2.45, 2.75) is 46.1 Å². The lowest BCUT2D eigenvalue weighted by Crippen LogP contribution is -2.24. The predicted molar refractivity (Wildman–Crippen MR) is 75.9 cm³/mol. The summed E-state index contributed by atoms with van der Waals surface area (Å²) in [7, 11) is 0. The monoisotopic (exact) mass is 245 g/mol. The van der Waals surface area contributed by atoms with Crippen molar-refractivity contribution >= 4 is 5.90 Å². The molecular weight excluding hydrogens is 222 g/mol. The highest BCUT2D eigenvalue weighted by Crippen LogP contribution is 2.33. The van der Waals surface area contributed by atoms with Gasteiger partial charge in [0.15, 0.2) is 5.90 Å². The zero-order valence-electron chi connectivity index (χ0n) is 11.6. The molecule has 98 valence electrons. The first-order valence-corrected chi connectivity index (χ1v) is 6.89. The molecule has 1 atom stereocenters. The summed E-state index contributed by atoms with van der Waals surface area (Å²) in [6.45, 7) is 7.37. The number of rotatable bonds is 5. The summed E-state index contributed by atoms with van der Waals surface area (Å²) in [5, 5.41) is 0. The van der Waals surface area contributed by atoms with E-state index >= 15 is 0 Å². The molecule has 0 amide bonds. The molecule has 2 nitrogen and oxygen atoms in total. The van der Waals surface area contributed by atoms with Crippen LogP contribution < -0.4 is 0 Å². The highest BCUT2D eigenvalue weighted by Gasteiger charge is 2.32. The molecule has 0 aliphatic carbocycles. The molecule has 0 saturated heterocycles. The van der Waals surface area contributed by atoms with Gasteiger partial charge in [0, 0.05) is 5.41 Å². The van der Waals surface area contributed by atoms with Gasteiger partial charge in [0.25, 0.3) is 0 Å². The van der Waals surface area contributed by atoms with E-state index in [2.05, 4.69) is 45.0 Å². The summed E-state index contributed by atoms with van der Waals surface area (Å²) in [6.07, 6.45) is 3.59. The summed E-state index contributed by atoms with van der Waals surface area (Å²) >= 11 is 0. The molecule has 0 radical (unpaired) electrons. The van der Waals surface area contributed by atoms with Crippen molar-refractivity contribution < 1.29 is 4.74 Å². The van der Waals surface area contributed by atoms with Crippen molar-refractivity contribution in [3.8, 4) is 0 Å². The van der Waals surface area contributed by atoms with Gasteiger partial charge < -0.3 is 4.74 Å². The van der Waals surface area contributed by atoms with E-state index in [0.29, 0.717) is 6.61 Å². The maximum absolute atomic E-state index is 5.83. The zero-order chi connectivity index (χ0) is 13.0. The largest absolute Gasteiger partial charge is 0.478 e. The van der Waals surface area contributed by atoms with E-state index in [9.17, 15) is 0 Å². The second kappa shape index (κ2) is 5.55. The highest BCUT2D eigenvalue weighted by molar-refractivity contribution is 5.83. The number of ether oxygens (including phenoxy) is 1. The molecule has 1 aliphatic heterocycles. The summed E-state index contributed by atoms with van der Waals surface area (Å²) in [6, 6.07) is 10.6. The third-order valence-corrected chi connectivity index (χ3v) is 3.57. The van der Waals surface area contributed by atoms with Crippen LogP contribution in [0.25, 0.3) is 0 Å². The van der Waals surface area contributed by atoms with Gasteiger partial charge in [-0.1, -0.05) is 63.9 Å². The van der Waals surface area contributed by atoms with E-state index < -0.39 is 0 Å². The minimum Gasteiger partial charge on any atom is -0.478 e. The van der Waals surface area contributed by atoms with E-state index in [0.717, 1.165) is 12.3 Å². The van der Waals surface area contributed by atoms with Crippen LogP contribution in [0.1, 0.15) is 51.6 Å². The van der Waals surface area contributed by atoms with Crippen molar-refractivity contribution in [3.05, 3.63) is 35.9 Å². The van der Waals surface area contributed by atoms with Gasteiger partial charge in [0.05, 0.1) is 0 Å². The van der Waals surface area contributed by atoms with Gasteiger partial charge in [-0.25, -0.2) is 4.99 Å². The van der Waals surface area contributed by atoms with Crippen LogP contribution in [0.4, 0.5) is 0 Å². The normalized spacial score (nSPS) is 19.5. The first kappa shape index (κ1) is 13.1. The lowest BCUT2D eigenvalue weighted by molar-refractivity contribution is 0.268. The summed E-state index contributed by atoms with van der Waals surface area (Å²) < 4.78 is 5.83. The minimum absolute atomic E-state index is 0.0690. The Labute approximate surface area is 110 Å². The van der Waals surface area contributed by atoms with Gasteiger partial charge in [0.2, 0.25) is 0 Å². The van der Waals surface area contributed by atoms with E-state index in [-0.39, 0.29) is 11.5 Å². The van der Waals surface area contributed by atoms with Crippen LogP contribution in [0.5, 0.6) is 0 Å². The molecule has 0 fully saturated rings. The second-order valence-corrected chi connectivity index (χ2v) is 5.66. The highest BCUT2D eigenvalue weighted by atomic mass is 16.5. The maximum Gasteiger partial charge on any atom is 0.189 e. The quantitative estimate of drug-likeness (QED) is 0.754. The number of benzene rings is 1. The van der Waals surface area contributed by atoms with Gasteiger partial charge in [-0.2, -0.15) is 0 Å². The Morgan fingerprint density at radius 3 is 2.67 bits per heavy atom. The number of unbranched alkanes of at least 4 members (excludes halogenated alkanes) is 1. The van der Waals surface area contributed by atoms with Crippen molar-refractivity contribution in [2.75, 3.05) is 6.61 Å². The summed E-state index contributed by atoms with van der Waals surface area (Å²) in [5.41, 5.74) is 1.32. The first-order valence-electron chi connectivity index (χ1n) is 6.89. The number of nitrogens with zero attached hydrogens (tertiary/aromatic N) is 1. The summed E-state index contributed by atoms with van der Waals surface area (Å²) in [5.74, 6) is 0.935. The molecule has 1 aliphatic rings. The Kier molecular flexibility index (Phi) is 4.05. The third kappa shape index (κ3) is 2.92. The molecule has 0 saturated carbocycles. The third-order valence-electron chi connectivity index (χ3n) is 3.57. The maximum atomic E-state index is 5.83. The Balaban J connectivity index is 2.08. The predicted octanol–water partition coefficient (Wildman–Crippen LogP) is 4.37. The van der Waals surface area contributed by atoms with Crippen molar-refractivity contribution in [3.63, 3.8) is 0 Å². The Hall–Kier alpha value is -1.31. The smallest absolute Gasteiger partial charge is 0.189 e. The molecule has 1 aromatic carbocycles. The molecule has 0 aromatic heterocycles. The number of aliphatic imine (C=N–C) groups is 1. The zero-order valence-corrected chi connectivity index (χ0v) is 11.6. The van der Waals surface area contributed by atoms with E-state index in [1.54, 1.807) is 0 Å². The van der Waals surface area contributed by atoms with Gasteiger partial charge in [-0.05, 0) is 12.0 Å². The SMILES string of the molecule is CCCCC(C)(C)C1=N[C@@H](c2ccccc2)CO1. The fraction of sp³-hybridized carbons (Fsp3) is 0.562. The standard InChI is InChI=1S/C16H23NO/c1-4-5-11-16(2,3)15-17-14(12-18-15)13-9-7-6-8-10-13/h6-10,14H,4-5,11-12H2,1-3H3/t14-/m1/s1. The van der Waals surface area contributed by atoms with Crippen LogP contribution in [-0.4, -0.2) is 12.5 Å². The fourth-order valence-electron chi connectivity index (χ4n) is 2.32. The first-order chi connectivity index (χ1) is 8.63. The van der Waals surface area contributed by atoms with Crippen LogP contribution in [0, 0.1) is 5.41 Å². The molecule has 1 heterocycles. The van der Waals surface area contributed by atoms with Crippen molar-refractivity contribution in [2.24, 2.45) is 10.4 Å². The lowest BCUT2D eigenvalue weighted by atomic mass is 9.87. The molecule has 2 heteroatoms. The fourth-order valence-corrected chi connectivity index (χ4v) is 2.32. The lowest BCUT2D eigenvalue weighted by Gasteiger charge is -2.23. The van der Waals surface area contributed by atoms with E-state index in [1.165, 1.54) is 18.4 Å². The van der Waals surface area contributed by atoms with Crippen LogP contribution in [0.3, 0.4) is 0 Å². The van der Waals surface area contributed by atoms with Crippen LogP contribution in [0.15, 0.2) is 35.3 Å². The van der Waals surface area contributed by atoms with Crippen LogP contribution >= 0.6 is 0 Å². The Morgan fingerprint density at radius 1 is 1.28 bits per heavy atom. The second-order valence-electron chi connectivity index (χ2n) is 5.66. The van der Waals surface area contributed by atoms with Crippen LogP contribution in [0.2, 0.25) is 0 Å². The molecule has 0 spiro atoms. The van der Waals surface area contributed by atoms with Gasteiger partial charge in [0.1, 0.15) is 12.6 Å². The van der Waals surface area contributed by atoms with Gasteiger partial charge in [-0.3, -0.25) is 0 Å². The topological polar surface area (TPSA) is 21.6 Å². The molecule has 0 N–H and O–H groups in total. The number of hydrogen-bond acceptors (Lipinski definition) is 2. The van der Waals surface area contributed by atoms with E-state index in [4.69, 9.17) is 9.73 Å². The van der Waals surface area contributed by atoms with Gasteiger partial charge >= 0.3 is 0 Å². The average Bonchev–Trinajstić information content (AvgIpc) is 2.88. The van der Waals surface area contributed by atoms with Gasteiger partial charge in [-0.15, -0.1) is 0 Å². The molecular formula is C16H23NO. The number of hydrogen-bond donors (Lipinski definition) is 0.